The smallest absolute Gasteiger partial charge is 0.118 e. The molecule has 0 bridgehead atoms. The highest BCUT2D eigenvalue weighted by molar-refractivity contribution is 6.48. The van der Waals surface area contributed by atoms with E-state index < -0.39 is 4.33 Å². The lowest BCUT2D eigenvalue weighted by molar-refractivity contribution is 0.620. The highest BCUT2D eigenvalue weighted by Gasteiger charge is 2.19. The van der Waals surface area contributed by atoms with Crippen LogP contribution in [0.1, 0.15) is 39.5 Å². The van der Waals surface area contributed by atoms with Gasteiger partial charge in [0.1, 0.15) is 4.33 Å². The summed E-state index contributed by atoms with van der Waals surface area (Å²) in [7, 11) is 0. The van der Waals surface area contributed by atoms with Gasteiger partial charge in [-0.1, -0.05) is 26.7 Å². The summed E-state index contributed by atoms with van der Waals surface area (Å²) in [6.07, 6.45) is 4.06. The summed E-state index contributed by atoms with van der Waals surface area (Å²) in [5, 5.41) is 11.2. The Kier molecular flexibility index (Phi) is 10.9. The Balaban J connectivity index is 0. The van der Waals surface area contributed by atoms with E-state index in [1.54, 1.807) is 0 Å². The summed E-state index contributed by atoms with van der Waals surface area (Å²) < 4.78 is -0.462. The number of halogens is 2. The molecule has 0 saturated carbocycles. The fourth-order valence-electron chi connectivity index (χ4n) is 0.612. The highest BCUT2D eigenvalue weighted by atomic mass is 35.5. The molecule has 0 aromatic heterocycles. The van der Waals surface area contributed by atoms with E-state index in [4.69, 9.17) is 34.0 Å². The third-order valence-electron chi connectivity index (χ3n) is 1.41. The predicted molar refractivity (Wildman–Crippen MR) is 54.7 cm³/mol. The summed E-state index contributed by atoms with van der Waals surface area (Å²) in [5.74, 6) is 0. The topological polar surface area (TPSA) is 47.7 Å². The quantitative estimate of drug-likeness (QED) is 0.520. The van der Waals surface area contributed by atoms with E-state index in [1.807, 2.05) is 6.92 Å². The SMILES string of the molecule is CCCCC(Cl)(Cl)CC.N=C=N. The van der Waals surface area contributed by atoms with Crippen LogP contribution in [-0.4, -0.2) is 10.3 Å². The molecule has 2 N–H and O–H groups in total. The second kappa shape index (κ2) is 9.05. The molecule has 0 aliphatic rings. The van der Waals surface area contributed by atoms with Crippen molar-refractivity contribution in [2.45, 2.75) is 43.9 Å². The van der Waals surface area contributed by atoms with Crippen LogP contribution in [0.5, 0.6) is 0 Å². The van der Waals surface area contributed by atoms with Crippen LogP contribution in [0.2, 0.25) is 0 Å². The second-order valence-electron chi connectivity index (χ2n) is 2.44. The number of hydrogen-bond donors (Lipinski definition) is 2. The van der Waals surface area contributed by atoms with Crippen molar-refractivity contribution in [2.24, 2.45) is 0 Å². The Morgan fingerprint density at radius 1 is 1.25 bits per heavy atom. The van der Waals surface area contributed by atoms with Gasteiger partial charge in [-0.05, 0) is 12.8 Å². The molecule has 0 aromatic rings. The summed E-state index contributed by atoms with van der Waals surface area (Å²) in [5.41, 5.74) is 0. The fourth-order valence-corrected chi connectivity index (χ4v) is 0.879. The van der Waals surface area contributed by atoms with Gasteiger partial charge < -0.3 is 0 Å². The van der Waals surface area contributed by atoms with Gasteiger partial charge in [0, 0.05) is 0 Å². The van der Waals surface area contributed by atoms with Gasteiger partial charge >= 0.3 is 0 Å². The molecular formula is C8H16Cl2N2. The van der Waals surface area contributed by atoms with E-state index >= 15 is 0 Å². The van der Waals surface area contributed by atoms with Crippen molar-refractivity contribution < 1.29 is 0 Å². The van der Waals surface area contributed by atoms with Crippen LogP contribution in [-0.2, 0) is 0 Å². The third kappa shape index (κ3) is 12.6. The Morgan fingerprint density at radius 2 is 1.67 bits per heavy atom. The van der Waals surface area contributed by atoms with Crippen LogP contribution in [0.15, 0.2) is 0 Å². The molecule has 0 aliphatic heterocycles. The van der Waals surface area contributed by atoms with Crippen LogP contribution in [0.3, 0.4) is 0 Å². The first-order valence-corrected chi connectivity index (χ1v) is 4.76. The maximum atomic E-state index is 5.86. The van der Waals surface area contributed by atoms with Crippen LogP contribution in [0.25, 0.3) is 0 Å². The first-order valence-electron chi connectivity index (χ1n) is 4.00. The molecule has 0 heterocycles. The number of rotatable bonds is 4. The minimum absolute atomic E-state index is 0.462. The molecule has 72 valence electrons. The van der Waals surface area contributed by atoms with Gasteiger partial charge in [-0.25, -0.2) is 10.8 Å². The normalized spacial score (nSPS) is 9.67. The maximum absolute atomic E-state index is 5.86. The minimum Gasteiger partial charge on any atom is -0.242 e. The van der Waals surface area contributed by atoms with Crippen molar-refractivity contribution in [3.05, 3.63) is 0 Å². The maximum Gasteiger partial charge on any atom is 0.118 e. The van der Waals surface area contributed by atoms with Crippen LogP contribution >= 0.6 is 23.2 Å². The van der Waals surface area contributed by atoms with Crippen molar-refractivity contribution in [1.29, 1.82) is 10.8 Å². The summed E-state index contributed by atoms with van der Waals surface area (Å²) in [6.45, 7) is 4.15. The van der Waals surface area contributed by atoms with E-state index in [0.717, 1.165) is 19.3 Å². The molecule has 0 rings (SSSR count). The molecule has 12 heavy (non-hydrogen) atoms. The van der Waals surface area contributed by atoms with Gasteiger partial charge in [0.2, 0.25) is 0 Å². The summed E-state index contributed by atoms with van der Waals surface area (Å²) >= 11 is 11.7. The highest BCUT2D eigenvalue weighted by Crippen LogP contribution is 2.30. The number of unbranched alkanes of at least 4 members (excludes halogenated alkanes) is 1. The lowest BCUT2D eigenvalue weighted by atomic mass is 10.1. The van der Waals surface area contributed by atoms with Gasteiger partial charge in [0.05, 0.1) is 6.01 Å². The minimum atomic E-state index is -0.462. The van der Waals surface area contributed by atoms with Crippen molar-refractivity contribution in [3.63, 3.8) is 0 Å². The zero-order valence-corrected chi connectivity index (χ0v) is 9.10. The van der Waals surface area contributed by atoms with Crippen LogP contribution in [0, 0.1) is 10.8 Å². The fraction of sp³-hybridized carbons (Fsp3) is 0.875. The monoisotopic (exact) mass is 210 g/mol. The molecule has 0 saturated heterocycles. The molecule has 0 unspecified atom stereocenters. The Bertz CT molecular complexity index is 129. The molecule has 0 aliphatic carbocycles. The van der Waals surface area contributed by atoms with E-state index in [9.17, 15) is 0 Å². The van der Waals surface area contributed by atoms with Gasteiger partial charge in [-0.2, -0.15) is 0 Å². The average molecular weight is 211 g/mol. The van der Waals surface area contributed by atoms with Crippen molar-refractivity contribution in [2.75, 3.05) is 0 Å². The van der Waals surface area contributed by atoms with Gasteiger partial charge in [0.25, 0.3) is 0 Å². The lowest BCUT2D eigenvalue weighted by Gasteiger charge is -2.15. The number of alkyl halides is 2. The third-order valence-corrected chi connectivity index (χ3v) is 2.33. The average Bonchev–Trinajstić information content (AvgIpc) is 2.03. The second-order valence-corrected chi connectivity index (χ2v) is 4.08. The molecule has 0 fully saturated rings. The molecular weight excluding hydrogens is 195 g/mol. The number of hydrogen-bond acceptors (Lipinski definition) is 2. The molecule has 0 radical (unpaired) electrons. The molecule has 0 aromatic carbocycles. The summed E-state index contributed by atoms with van der Waals surface area (Å²) in [6, 6.07) is 1.25. The van der Waals surface area contributed by atoms with Crippen molar-refractivity contribution in [3.8, 4) is 0 Å². The first kappa shape index (κ1) is 14.5. The van der Waals surface area contributed by atoms with Gasteiger partial charge in [0.15, 0.2) is 0 Å². The zero-order valence-electron chi connectivity index (χ0n) is 7.58. The number of nitrogens with one attached hydrogen (secondary N) is 2. The Morgan fingerprint density at radius 3 is 1.92 bits per heavy atom. The van der Waals surface area contributed by atoms with Crippen LogP contribution in [0.4, 0.5) is 0 Å². The van der Waals surface area contributed by atoms with E-state index in [2.05, 4.69) is 6.92 Å². The predicted octanol–water partition coefficient (Wildman–Crippen LogP) is 4.08. The molecule has 2 nitrogen and oxygen atoms in total. The van der Waals surface area contributed by atoms with E-state index in [1.165, 1.54) is 12.4 Å². The molecule has 4 heteroatoms. The largest absolute Gasteiger partial charge is 0.242 e. The summed E-state index contributed by atoms with van der Waals surface area (Å²) in [4.78, 5) is 0. The first-order chi connectivity index (χ1) is 5.54. The van der Waals surface area contributed by atoms with Gasteiger partial charge in [-0.15, -0.1) is 23.2 Å². The Hall–Kier alpha value is -0.0400. The van der Waals surface area contributed by atoms with Crippen molar-refractivity contribution >= 4 is 29.2 Å². The Labute approximate surface area is 84.3 Å². The molecule has 0 spiro atoms. The zero-order chi connectivity index (χ0) is 10.0. The van der Waals surface area contributed by atoms with Crippen molar-refractivity contribution in [1.82, 2.24) is 0 Å². The van der Waals surface area contributed by atoms with E-state index in [-0.39, 0.29) is 0 Å². The van der Waals surface area contributed by atoms with E-state index in [0.29, 0.717) is 0 Å². The molecule has 0 amide bonds. The standard InChI is InChI=1S/C7H14Cl2.CH2N2/c1-3-5-6-7(8,9)4-2;2-1-3/h3-6H2,1-2H3;2-3H. The van der Waals surface area contributed by atoms with Gasteiger partial charge in [-0.3, -0.25) is 0 Å². The molecule has 0 atom stereocenters. The van der Waals surface area contributed by atoms with Crippen LogP contribution < -0.4 is 0 Å². The lowest BCUT2D eigenvalue weighted by Crippen LogP contribution is -2.09.